The second-order valence-corrected chi connectivity index (χ2v) is 8.73. The van der Waals surface area contributed by atoms with Gasteiger partial charge in [-0.2, -0.15) is 0 Å². The quantitative estimate of drug-likeness (QED) is 0.697. The molecule has 0 aromatic heterocycles. The molecule has 2 aliphatic rings. The van der Waals surface area contributed by atoms with Crippen molar-refractivity contribution in [3.05, 3.63) is 23.8 Å². The molecular weight excluding hydrogens is 342 g/mol. The number of hydrogen-bond acceptors (Lipinski definition) is 4. The zero-order chi connectivity index (χ0) is 20.2. The summed E-state index contributed by atoms with van der Waals surface area (Å²) in [5.41, 5.74) is 5.89. The van der Waals surface area contributed by atoms with Crippen molar-refractivity contribution in [2.24, 2.45) is 28.4 Å². The number of aliphatic hydroxyl groups excluding tert-OH is 1. The summed E-state index contributed by atoms with van der Waals surface area (Å²) in [6.07, 6.45) is 9.39. The molecule has 0 heterocycles. The summed E-state index contributed by atoms with van der Waals surface area (Å²) in [6.45, 7) is 8.82. The molecule has 4 unspecified atom stereocenters. The van der Waals surface area contributed by atoms with Gasteiger partial charge in [-0.1, -0.05) is 45.8 Å². The van der Waals surface area contributed by atoms with Gasteiger partial charge in [0.1, 0.15) is 0 Å². The third kappa shape index (κ3) is 4.63. The molecule has 2 aliphatic carbocycles. The number of nitrogens with two attached hydrogens (primary N) is 1. The van der Waals surface area contributed by atoms with Crippen molar-refractivity contribution >= 4 is 11.9 Å². The monoisotopic (exact) mass is 377 g/mol. The van der Waals surface area contributed by atoms with Crippen molar-refractivity contribution in [2.45, 2.75) is 72.3 Å². The van der Waals surface area contributed by atoms with Crippen LogP contribution in [-0.2, 0) is 9.53 Å². The minimum absolute atomic E-state index is 0.0334. The van der Waals surface area contributed by atoms with Crippen LogP contribution in [0.15, 0.2) is 23.8 Å². The lowest BCUT2D eigenvalue weighted by molar-refractivity contribution is -0.111. The topological polar surface area (TPSA) is 89.6 Å². The summed E-state index contributed by atoms with van der Waals surface area (Å²) in [6, 6.07) is 0. The van der Waals surface area contributed by atoms with Gasteiger partial charge in [0, 0.05) is 5.41 Å². The second-order valence-electron chi connectivity index (χ2n) is 8.73. The maximum atomic E-state index is 11.8. The Kier molecular flexibility index (Phi) is 6.90. The molecule has 0 spiro atoms. The smallest absolute Gasteiger partial charge is 0.404 e. The van der Waals surface area contributed by atoms with Gasteiger partial charge in [0.25, 0.3) is 0 Å². The van der Waals surface area contributed by atoms with Crippen LogP contribution in [0.4, 0.5) is 4.79 Å². The maximum Gasteiger partial charge on any atom is 0.404 e. The molecule has 152 valence electrons. The number of rotatable bonds is 7. The Morgan fingerprint density at radius 1 is 1.41 bits per heavy atom. The Bertz CT molecular complexity index is 626. The molecular formula is C22H35NO4. The van der Waals surface area contributed by atoms with Crippen molar-refractivity contribution in [3.8, 4) is 0 Å². The fourth-order valence-corrected chi connectivity index (χ4v) is 5.22. The third-order valence-electron chi connectivity index (χ3n) is 6.97. The highest BCUT2D eigenvalue weighted by atomic mass is 16.5. The summed E-state index contributed by atoms with van der Waals surface area (Å²) in [5, 5.41) is 11.1. The molecule has 1 fully saturated rings. The normalized spacial score (nSPS) is 34.9. The van der Waals surface area contributed by atoms with E-state index in [1.54, 1.807) is 12.2 Å². The van der Waals surface area contributed by atoms with Crippen LogP contribution in [-0.4, -0.2) is 29.7 Å². The largest absolute Gasteiger partial charge is 0.449 e. The second kappa shape index (κ2) is 8.59. The Hall–Kier alpha value is -1.62. The molecule has 5 nitrogen and oxygen atoms in total. The summed E-state index contributed by atoms with van der Waals surface area (Å²) < 4.78 is 5.12. The van der Waals surface area contributed by atoms with Crippen LogP contribution >= 0.6 is 0 Å². The number of allylic oxidation sites excluding steroid dienone is 4. The van der Waals surface area contributed by atoms with Gasteiger partial charge >= 0.3 is 6.09 Å². The first kappa shape index (κ1) is 21.7. The van der Waals surface area contributed by atoms with E-state index in [1.165, 1.54) is 0 Å². The third-order valence-corrected chi connectivity index (χ3v) is 6.97. The Morgan fingerprint density at radius 3 is 2.67 bits per heavy atom. The zero-order valence-electron chi connectivity index (χ0n) is 17.2. The molecule has 2 rings (SSSR count). The van der Waals surface area contributed by atoms with Crippen LogP contribution < -0.4 is 5.73 Å². The summed E-state index contributed by atoms with van der Waals surface area (Å²) in [4.78, 5) is 22.9. The van der Waals surface area contributed by atoms with Gasteiger partial charge in [0.05, 0.1) is 12.7 Å². The van der Waals surface area contributed by atoms with Crippen molar-refractivity contribution < 1.29 is 19.4 Å². The maximum absolute atomic E-state index is 11.8. The average Bonchev–Trinajstić information content (AvgIpc) is 2.60. The predicted molar refractivity (Wildman–Crippen MR) is 106 cm³/mol. The molecule has 1 saturated carbocycles. The summed E-state index contributed by atoms with van der Waals surface area (Å²) in [7, 11) is 0. The lowest BCUT2D eigenvalue weighted by Gasteiger charge is -2.50. The van der Waals surface area contributed by atoms with Crippen LogP contribution in [0.5, 0.6) is 0 Å². The highest BCUT2D eigenvalue weighted by molar-refractivity contribution is 6.01. The predicted octanol–water partition coefficient (Wildman–Crippen LogP) is 4.15. The molecule has 5 heteroatoms. The number of ether oxygens (including phenoxy) is 1. The molecule has 0 bridgehead atoms. The summed E-state index contributed by atoms with van der Waals surface area (Å²) >= 11 is 0. The van der Waals surface area contributed by atoms with Gasteiger partial charge in [0.2, 0.25) is 0 Å². The van der Waals surface area contributed by atoms with Crippen LogP contribution in [0.2, 0.25) is 0 Å². The van der Waals surface area contributed by atoms with Crippen molar-refractivity contribution in [1.82, 2.24) is 0 Å². The highest BCUT2D eigenvalue weighted by Gasteiger charge is 2.48. The van der Waals surface area contributed by atoms with E-state index in [-0.39, 0.29) is 28.4 Å². The van der Waals surface area contributed by atoms with Gasteiger partial charge in [-0.05, 0) is 61.5 Å². The first-order valence-corrected chi connectivity index (χ1v) is 10.2. The van der Waals surface area contributed by atoms with Crippen molar-refractivity contribution in [2.75, 3.05) is 6.61 Å². The first-order valence-electron chi connectivity index (χ1n) is 10.2. The van der Waals surface area contributed by atoms with E-state index in [0.717, 1.165) is 37.7 Å². The molecule has 0 aromatic rings. The van der Waals surface area contributed by atoms with Gasteiger partial charge < -0.3 is 15.6 Å². The lowest BCUT2D eigenvalue weighted by atomic mass is 9.56. The minimum atomic E-state index is -0.740. The van der Waals surface area contributed by atoms with E-state index in [4.69, 9.17) is 10.5 Å². The van der Waals surface area contributed by atoms with Gasteiger partial charge in [-0.15, -0.1) is 0 Å². The SMILES string of the molecule is CCCC(COC(N)=O)C1(C)CCC(C2(C)C=CC(=O)C=C2CC)[C@@H](O)C1. The number of amides is 1. The number of primary amides is 1. The van der Waals surface area contributed by atoms with E-state index in [0.29, 0.717) is 13.0 Å². The number of carbonyl (C=O) groups excluding carboxylic acids is 2. The molecule has 5 atom stereocenters. The van der Waals surface area contributed by atoms with Crippen LogP contribution in [0.1, 0.15) is 66.2 Å². The molecule has 3 N–H and O–H groups in total. The van der Waals surface area contributed by atoms with E-state index < -0.39 is 12.2 Å². The standard InChI is InChI=1S/C22H35NO4/c1-5-7-16(14-27-20(23)26)21(3)10-9-18(19(25)13-21)22(4)11-8-17(24)12-15(22)6-2/h8,11-12,16,18-19,25H,5-7,9-10,13-14H2,1-4H3,(H2,23,26)/t16?,18?,19-,21?,22?/m0/s1. The lowest BCUT2D eigenvalue weighted by Crippen LogP contribution is -2.47. The highest BCUT2D eigenvalue weighted by Crippen LogP contribution is 2.53. The Labute approximate surface area is 163 Å². The van der Waals surface area contributed by atoms with Crippen molar-refractivity contribution in [3.63, 3.8) is 0 Å². The Morgan fingerprint density at radius 2 is 2.11 bits per heavy atom. The number of hydrogen-bond donors (Lipinski definition) is 2. The van der Waals surface area contributed by atoms with E-state index in [2.05, 4.69) is 27.7 Å². The molecule has 0 radical (unpaired) electrons. The van der Waals surface area contributed by atoms with Crippen LogP contribution in [0.3, 0.4) is 0 Å². The first-order chi connectivity index (χ1) is 12.7. The average molecular weight is 378 g/mol. The van der Waals surface area contributed by atoms with Gasteiger partial charge in [-0.3, -0.25) is 4.79 Å². The van der Waals surface area contributed by atoms with E-state index >= 15 is 0 Å². The van der Waals surface area contributed by atoms with E-state index in [1.807, 2.05) is 6.08 Å². The zero-order valence-corrected chi connectivity index (χ0v) is 17.2. The molecule has 1 amide bonds. The molecule has 0 aliphatic heterocycles. The fraction of sp³-hybridized carbons (Fsp3) is 0.727. The number of carbonyl (C=O) groups is 2. The van der Waals surface area contributed by atoms with Crippen LogP contribution in [0, 0.1) is 22.7 Å². The van der Waals surface area contributed by atoms with Gasteiger partial charge in [-0.25, -0.2) is 4.79 Å². The number of aliphatic hydroxyl groups is 1. The molecule has 0 saturated heterocycles. The van der Waals surface area contributed by atoms with E-state index in [9.17, 15) is 14.7 Å². The van der Waals surface area contributed by atoms with Crippen molar-refractivity contribution in [1.29, 1.82) is 0 Å². The van der Waals surface area contributed by atoms with Crippen LogP contribution in [0.25, 0.3) is 0 Å². The Balaban J connectivity index is 2.18. The molecule has 0 aromatic carbocycles. The molecule has 27 heavy (non-hydrogen) atoms. The number of ketones is 1. The summed E-state index contributed by atoms with van der Waals surface area (Å²) in [5.74, 6) is 0.301. The minimum Gasteiger partial charge on any atom is -0.449 e. The van der Waals surface area contributed by atoms with Gasteiger partial charge in [0.15, 0.2) is 5.78 Å². The fourth-order valence-electron chi connectivity index (χ4n) is 5.22.